The number of allylic oxidation sites excluding steroid dienone is 2. The molecule has 0 aliphatic rings. The molecule has 5 heteroatoms. The molecule has 0 aliphatic carbocycles. The first-order valence-corrected chi connectivity index (χ1v) is 29.2. The van der Waals surface area contributed by atoms with E-state index in [0.717, 1.165) is 44.9 Å². The highest BCUT2D eigenvalue weighted by atomic mass is 16.6. The lowest BCUT2D eigenvalue weighted by Gasteiger charge is -2.18. The molecule has 0 spiro atoms. The van der Waals surface area contributed by atoms with Crippen LogP contribution in [0.15, 0.2) is 12.2 Å². The Kier molecular flexibility index (Phi) is 54.8. The Morgan fingerprint density at radius 3 is 0.969 bits per heavy atom. The average Bonchev–Trinajstić information content (AvgIpc) is 3.30. The Bertz CT molecular complexity index is 932. The zero-order chi connectivity index (χ0) is 46.3. The van der Waals surface area contributed by atoms with E-state index in [0.29, 0.717) is 26.1 Å². The number of rotatable bonds is 55. The van der Waals surface area contributed by atoms with Crippen LogP contribution >= 0.6 is 0 Å². The van der Waals surface area contributed by atoms with E-state index in [4.69, 9.17) is 14.2 Å². The van der Waals surface area contributed by atoms with Crippen LogP contribution in [0.3, 0.4) is 0 Å². The molecule has 1 unspecified atom stereocenters. The summed E-state index contributed by atoms with van der Waals surface area (Å²) in [5.41, 5.74) is 0. The second-order valence-electron chi connectivity index (χ2n) is 19.9. The van der Waals surface area contributed by atoms with Crippen molar-refractivity contribution >= 4 is 11.9 Å². The molecule has 0 aromatic heterocycles. The summed E-state index contributed by atoms with van der Waals surface area (Å²) in [7, 11) is 0. The zero-order valence-corrected chi connectivity index (χ0v) is 43.8. The molecule has 64 heavy (non-hydrogen) atoms. The molecule has 0 rings (SSSR count). The van der Waals surface area contributed by atoms with Gasteiger partial charge in [-0.1, -0.05) is 283 Å². The quantitative estimate of drug-likeness (QED) is 0.0346. The minimum absolute atomic E-state index is 0.0920. The lowest BCUT2D eigenvalue weighted by Crippen LogP contribution is -2.30. The maximum atomic E-state index is 12.8. The maximum absolute atomic E-state index is 12.8. The van der Waals surface area contributed by atoms with Crippen molar-refractivity contribution in [2.24, 2.45) is 0 Å². The summed E-state index contributed by atoms with van der Waals surface area (Å²) in [6, 6.07) is 0. The van der Waals surface area contributed by atoms with Crippen molar-refractivity contribution in [1.29, 1.82) is 0 Å². The van der Waals surface area contributed by atoms with Gasteiger partial charge in [-0.25, -0.2) is 0 Å². The van der Waals surface area contributed by atoms with Crippen LogP contribution in [0.25, 0.3) is 0 Å². The molecule has 0 N–H and O–H groups in total. The summed E-state index contributed by atoms with van der Waals surface area (Å²) in [6.07, 6.45) is 65.2. The van der Waals surface area contributed by atoms with Crippen LogP contribution in [0.4, 0.5) is 0 Å². The first-order valence-electron chi connectivity index (χ1n) is 29.2. The van der Waals surface area contributed by atoms with Gasteiger partial charge in [0.1, 0.15) is 6.61 Å². The van der Waals surface area contributed by atoms with Crippen LogP contribution in [0, 0.1) is 0 Å². The molecule has 0 aliphatic heterocycles. The SMILES string of the molecule is CCCCCC/C=C\CCCCCCCC(=O)OC(COCCCCCCCCCCCCCCCCCC)COC(=O)CCCCCCCCCCCCCCCCCCCCC. The second kappa shape index (κ2) is 56.0. The van der Waals surface area contributed by atoms with E-state index in [1.807, 2.05) is 0 Å². The van der Waals surface area contributed by atoms with Gasteiger partial charge in [0.2, 0.25) is 0 Å². The first-order chi connectivity index (χ1) is 31.6. The number of hydrogen-bond donors (Lipinski definition) is 0. The number of esters is 2. The molecule has 0 aromatic carbocycles. The lowest BCUT2D eigenvalue weighted by atomic mass is 10.0. The predicted molar refractivity (Wildman–Crippen MR) is 279 cm³/mol. The van der Waals surface area contributed by atoms with E-state index in [-0.39, 0.29) is 18.5 Å². The number of carbonyl (C=O) groups is 2. The molecule has 0 fully saturated rings. The van der Waals surface area contributed by atoms with Gasteiger partial charge in [-0.3, -0.25) is 9.59 Å². The number of carbonyl (C=O) groups excluding carboxylic acids is 2. The topological polar surface area (TPSA) is 61.8 Å². The van der Waals surface area contributed by atoms with E-state index < -0.39 is 6.10 Å². The maximum Gasteiger partial charge on any atom is 0.306 e. The normalized spacial score (nSPS) is 12.1. The van der Waals surface area contributed by atoms with Gasteiger partial charge in [-0.2, -0.15) is 0 Å². The van der Waals surface area contributed by atoms with Gasteiger partial charge in [0.05, 0.1) is 6.61 Å². The Labute approximate surface area is 401 Å². The molecule has 0 bridgehead atoms. The van der Waals surface area contributed by atoms with Crippen LogP contribution in [0.2, 0.25) is 0 Å². The smallest absolute Gasteiger partial charge is 0.306 e. The van der Waals surface area contributed by atoms with Crippen LogP contribution in [0.1, 0.15) is 329 Å². The van der Waals surface area contributed by atoms with Crippen LogP contribution in [0.5, 0.6) is 0 Å². The van der Waals surface area contributed by atoms with Gasteiger partial charge < -0.3 is 14.2 Å². The highest BCUT2D eigenvalue weighted by molar-refractivity contribution is 5.70. The Balaban J connectivity index is 4.17. The first kappa shape index (κ1) is 62.6. The van der Waals surface area contributed by atoms with Crippen molar-refractivity contribution in [3.63, 3.8) is 0 Å². The Hall–Kier alpha value is -1.36. The van der Waals surface area contributed by atoms with Gasteiger partial charge in [0.25, 0.3) is 0 Å². The van der Waals surface area contributed by atoms with Crippen molar-refractivity contribution in [3.05, 3.63) is 12.2 Å². The standard InChI is InChI=1S/C59H114O5/c1-4-7-10-13-16-19-22-25-27-29-30-31-32-35-37-40-43-46-49-52-58(60)63-56-57(64-59(61)53-50-47-44-41-38-34-24-21-18-15-12-9-6-3)55-62-54-51-48-45-42-39-36-33-28-26-23-20-17-14-11-8-5-2/h21,24,57H,4-20,22-23,25-56H2,1-3H3/b24-21-. The van der Waals surface area contributed by atoms with Gasteiger partial charge >= 0.3 is 11.9 Å². The average molecular weight is 904 g/mol. The fourth-order valence-electron chi connectivity index (χ4n) is 8.92. The molecule has 380 valence electrons. The fourth-order valence-corrected chi connectivity index (χ4v) is 8.92. The minimum Gasteiger partial charge on any atom is -0.462 e. The van der Waals surface area contributed by atoms with Gasteiger partial charge in [-0.15, -0.1) is 0 Å². The van der Waals surface area contributed by atoms with Gasteiger partial charge in [-0.05, 0) is 44.9 Å². The fraction of sp³-hybridized carbons (Fsp3) is 0.932. The van der Waals surface area contributed by atoms with Gasteiger partial charge in [0, 0.05) is 19.4 Å². The predicted octanol–water partition coefficient (Wildman–Crippen LogP) is 19.8. The van der Waals surface area contributed by atoms with Crippen LogP contribution in [-0.2, 0) is 23.8 Å². The summed E-state index contributed by atoms with van der Waals surface area (Å²) in [5.74, 6) is -0.381. The van der Waals surface area contributed by atoms with E-state index in [2.05, 4.69) is 32.9 Å². The minimum atomic E-state index is -0.531. The molecule has 1 atom stereocenters. The van der Waals surface area contributed by atoms with E-state index in [1.54, 1.807) is 0 Å². The van der Waals surface area contributed by atoms with Crippen LogP contribution < -0.4 is 0 Å². The molecule has 0 amide bonds. The molecular formula is C59H114O5. The summed E-state index contributed by atoms with van der Waals surface area (Å²) < 4.78 is 17.5. The summed E-state index contributed by atoms with van der Waals surface area (Å²) >= 11 is 0. The second-order valence-corrected chi connectivity index (χ2v) is 19.9. The monoisotopic (exact) mass is 903 g/mol. The van der Waals surface area contributed by atoms with E-state index >= 15 is 0 Å². The molecule has 0 aromatic rings. The summed E-state index contributed by atoms with van der Waals surface area (Å²) in [6.45, 7) is 7.89. The van der Waals surface area contributed by atoms with Crippen molar-refractivity contribution in [2.45, 2.75) is 335 Å². The third kappa shape index (κ3) is 53.3. The number of unbranched alkanes of at least 4 members (excludes halogenated alkanes) is 42. The van der Waals surface area contributed by atoms with Crippen molar-refractivity contribution in [2.75, 3.05) is 19.8 Å². The number of hydrogen-bond acceptors (Lipinski definition) is 5. The lowest BCUT2D eigenvalue weighted by molar-refractivity contribution is -0.163. The summed E-state index contributed by atoms with van der Waals surface area (Å²) in [5, 5.41) is 0. The van der Waals surface area contributed by atoms with Gasteiger partial charge in [0.15, 0.2) is 6.10 Å². The Morgan fingerprint density at radius 2 is 0.609 bits per heavy atom. The van der Waals surface area contributed by atoms with E-state index in [1.165, 1.54) is 250 Å². The summed E-state index contributed by atoms with van der Waals surface area (Å²) in [4.78, 5) is 25.5. The number of ether oxygens (including phenoxy) is 3. The van der Waals surface area contributed by atoms with Crippen molar-refractivity contribution < 1.29 is 23.8 Å². The molecule has 0 saturated carbocycles. The zero-order valence-electron chi connectivity index (χ0n) is 43.8. The molecule has 0 radical (unpaired) electrons. The highest BCUT2D eigenvalue weighted by Crippen LogP contribution is 2.17. The van der Waals surface area contributed by atoms with E-state index in [9.17, 15) is 9.59 Å². The van der Waals surface area contributed by atoms with Crippen molar-refractivity contribution in [1.82, 2.24) is 0 Å². The van der Waals surface area contributed by atoms with Crippen molar-refractivity contribution in [3.8, 4) is 0 Å². The molecule has 5 nitrogen and oxygen atoms in total. The molecular weight excluding hydrogens is 789 g/mol. The highest BCUT2D eigenvalue weighted by Gasteiger charge is 2.17. The third-order valence-electron chi connectivity index (χ3n) is 13.3. The Morgan fingerprint density at radius 1 is 0.328 bits per heavy atom. The molecule has 0 heterocycles. The van der Waals surface area contributed by atoms with Crippen LogP contribution in [-0.4, -0.2) is 37.9 Å². The largest absolute Gasteiger partial charge is 0.462 e. The molecule has 0 saturated heterocycles. The third-order valence-corrected chi connectivity index (χ3v) is 13.3.